The van der Waals surface area contributed by atoms with E-state index in [1.54, 1.807) is 6.92 Å². The summed E-state index contributed by atoms with van der Waals surface area (Å²) < 4.78 is 0.448. The fourth-order valence-electron chi connectivity index (χ4n) is 1.75. The van der Waals surface area contributed by atoms with Gasteiger partial charge in [-0.25, -0.2) is 4.98 Å². The number of amides is 2. The number of hydrogen-bond donors (Lipinski definition) is 1. The minimum Gasteiger partial charge on any atom is -0.330 e. The van der Waals surface area contributed by atoms with Crippen molar-refractivity contribution in [2.24, 2.45) is 0 Å². The number of piperazine rings is 1. The van der Waals surface area contributed by atoms with E-state index in [0.717, 1.165) is 0 Å². The van der Waals surface area contributed by atoms with Crippen LogP contribution in [0.2, 0.25) is 0 Å². The molecule has 1 saturated heterocycles. The van der Waals surface area contributed by atoms with Crippen molar-refractivity contribution in [3.8, 4) is 0 Å². The molecular formula is C10H9BrN4O4. The number of carbonyl (C=O) groups is 2. The molecule has 0 aromatic carbocycles. The van der Waals surface area contributed by atoms with Gasteiger partial charge in [-0.3, -0.25) is 25.0 Å². The Labute approximate surface area is 116 Å². The van der Waals surface area contributed by atoms with Gasteiger partial charge in [-0.05, 0) is 22.9 Å². The van der Waals surface area contributed by atoms with Gasteiger partial charge in [-0.2, -0.15) is 0 Å². The van der Waals surface area contributed by atoms with Crippen LogP contribution in [0.1, 0.15) is 6.92 Å². The van der Waals surface area contributed by atoms with E-state index in [9.17, 15) is 19.7 Å². The number of pyridine rings is 1. The standard InChI is InChI=1S/C10H9BrN4O4/c1-5-10(17)13-8(16)4-14(5)9-7(15(18)19)2-6(11)3-12-9/h2-3,5H,4H2,1H3,(H,13,16,17). The number of imide groups is 1. The number of rotatable bonds is 2. The van der Waals surface area contributed by atoms with Crippen LogP contribution in [0.5, 0.6) is 0 Å². The first-order valence-corrected chi connectivity index (χ1v) is 6.09. The number of anilines is 1. The van der Waals surface area contributed by atoms with Crippen LogP contribution in [0.15, 0.2) is 16.7 Å². The highest BCUT2D eigenvalue weighted by Gasteiger charge is 2.34. The van der Waals surface area contributed by atoms with Crippen molar-refractivity contribution in [2.45, 2.75) is 13.0 Å². The molecule has 2 heterocycles. The third-order valence-electron chi connectivity index (χ3n) is 2.71. The third-order valence-corrected chi connectivity index (χ3v) is 3.14. The molecule has 1 atom stereocenters. The maximum atomic E-state index is 11.6. The number of halogens is 1. The number of nitrogens with zero attached hydrogens (tertiary/aromatic N) is 3. The molecule has 19 heavy (non-hydrogen) atoms. The van der Waals surface area contributed by atoms with Crippen molar-refractivity contribution in [1.82, 2.24) is 10.3 Å². The Kier molecular flexibility index (Phi) is 3.47. The number of hydrogen-bond acceptors (Lipinski definition) is 6. The Morgan fingerprint density at radius 3 is 2.89 bits per heavy atom. The smallest absolute Gasteiger partial charge is 0.312 e. The summed E-state index contributed by atoms with van der Waals surface area (Å²) in [7, 11) is 0. The van der Waals surface area contributed by atoms with E-state index in [1.165, 1.54) is 17.2 Å². The predicted molar refractivity (Wildman–Crippen MR) is 68.5 cm³/mol. The molecule has 0 bridgehead atoms. The molecular weight excluding hydrogens is 320 g/mol. The molecule has 2 rings (SSSR count). The van der Waals surface area contributed by atoms with Gasteiger partial charge in [0.1, 0.15) is 6.04 Å². The average molecular weight is 329 g/mol. The molecule has 100 valence electrons. The second kappa shape index (κ2) is 4.92. The van der Waals surface area contributed by atoms with Crippen molar-refractivity contribution in [3.05, 3.63) is 26.9 Å². The van der Waals surface area contributed by atoms with E-state index in [2.05, 4.69) is 26.2 Å². The third kappa shape index (κ3) is 2.55. The van der Waals surface area contributed by atoms with Gasteiger partial charge in [-0.15, -0.1) is 0 Å². The van der Waals surface area contributed by atoms with Gasteiger partial charge in [0.25, 0.3) is 0 Å². The van der Waals surface area contributed by atoms with Crippen LogP contribution in [0.25, 0.3) is 0 Å². The average Bonchev–Trinajstić information content (AvgIpc) is 2.34. The monoisotopic (exact) mass is 328 g/mol. The van der Waals surface area contributed by atoms with Crippen molar-refractivity contribution < 1.29 is 14.5 Å². The minimum absolute atomic E-state index is 0.00361. The minimum atomic E-state index is -0.704. The highest BCUT2D eigenvalue weighted by Crippen LogP contribution is 2.30. The Morgan fingerprint density at radius 2 is 2.26 bits per heavy atom. The van der Waals surface area contributed by atoms with Gasteiger partial charge in [0.05, 0.1) is 11.5 Å². The van der Waals surface area contributed by atoms with Crippen LogP contribution >= 0.6 is 15.9 Å². The van der Waals surface area contributed by atoms with Gasteiger partial charge >= 0.3 is 5.69 Å². The fraction of sp³-hybridized carbons (Fsp3) is 0.300. The number of nitro groups is 1. The second-order valence-electron chi connectivity index (χ2n) is 3.97. The van der Waals surface area contributed by atoms with Gasteiger partial charge < -0.3 is 4.90 Å². The Hall–Kier alpha value is -2.03. The zero-order valence-corrected chi connectivity index (χ0v) is 11.4. The summed E-state index contributed by atoms with van der Waals surface area (Å²) in [5.41, 5.74) is -0.260. The molecule has 1 unspecified atom stereocenters. The molecule has 0 spiro atoms. The molecule has 1 aliphatic rings. The van der Waals surface area contributed by atoms with Crippen molar-refractivity contribution in [3.63, 3.8) is 0 Å². The number of nitrogens with one attached hydrogen (secondary N) is 1. The van der Waals surface area contributed by atoms with Gasteiger partial charge in [-0.1, -0.05) is 0 Å². The molecule has 0 radical (unpaired) electrons. The summed E-state index contributed by atoms with van der Waals surface area (Å²) in [5, 5.41) is 13.2. The SMILES string of the molecule is CC1C(=O)NC(=O)CN1c1ncc(Br)cc1[N+](=O)[O-]. The molecule has 1 aliphatic heterocycles. The lowest BCUT2D eigenvalue weighted by atomic mass is 10.2. The summed E-state index contributed by atoms with van der Waals surface area (Å²) in [5.74, 6) is -1.01. The fourth-order valence-corrected chi connectivity index (χ4v) is 2.07. The highest BCUT2D eigenvalue weighted by molar-refractivity contribution is 9.10. The molecule has 1 fully saturated rings. The molecule has 2 amide bonds. The van der Waals surface area contributed by atoms with E-state index in [-0.39, 0.29) is 18.1 Å². The molecule has 9 heteroatoms. The summed E-state index contributed by atoms with van der Waals surface area (Å²) in [6.45, 7) is 1.40. The van der Waals surface area contributed by atoms with Crippen LogP contribution in [-0.4, -0.2) is 34.3 Å². The number of carbonyl (C=O) groups excluding carboxylic acids is 2. The number of aromatic nitrogens is 1. The van der Waals surface area contributed by atoms with Crippen LogP contribution < -0.4 is 10.2 Å². The van der Waals surface area contributed by atoms with Crippen molar-refractivity contribution >= 4 is 39.2 Å². The molecule has 1 aromatic heterocycles. The summed E-state index contributed by atoms with van der Waals surface area (Å²) in [6.07, 6.45) is 1.38. The van der Waals surface area contributed by atoms with Gasteiger partial charge in [0.2, 0.25) is 17.6 Å². The lowest BCUT2D eigenvalue weighted by molar-refractivity contribution is -0.384. The first kappa shape index (κ1) is 13.4. The van der Waals surface area contributed by atoms with Crippen LogP contribution in [0, 0.1) is 10.1 Å². The molecule has 1 aromatic rings. The van der Waals surface area contributed by atoms with E-state index >= 15 is 0 Å². The van der Waals surface area contributed by atoms with E-state index in [1.807, 2.05) is 0 Å². The quantitative estimate of drug-likeness (QED) is 0.484. The van der Waals surface area contributed by atoms with Crippen LogP contribution in [0.4, 0.5) is 11.5 Å². The maximum Gasteiger partial charge on any atom is 0.312 e. The van der Waals surface area contributed by atoms with Crippen LogP contribution in [-0.2, 0) is 9.59 Å². The molecule has 0 aliphatic carbocycles. The zero-order valence-electron chi connectivity index (χ0n) is 9.79. The lowest BCUT2D eigenvalue weighted by Crippen LogP contribution is -2.57. The summed E-state index contributed by atoms with van der Waals surface area (Å²) >= 11 is 3.10. The van der Waals surface area contributed by atoms with Crippen molar-refractivity contribution in [2.75, 3.05) is 11.4 Å². The molecule has 1 N–H and O–H groups in total. The Balaban J connectivity index is 2.48. The van der Waals surface area contributed by atoms with Crippen LogP contribution in [0.3, 0.4) is 0 Å². The Bertz CT molecular complexity index is 577. The second-order valence-corrected chi connectivity index (χ2v) is 4.89. The van der Waals surface area contributed by atoms with E-state index in [0.29, 0.717) is 4.47 Å². The van der Waals surface area contributed by atoms with E-state index in [4.69, 9.17) is 0 Å². The van der Waals surface area contributed by atoms with Gasteiger partial charge in [0.15, 0.2) is 0 Å². The highest BCUT2D eigenvalue weighted by atomic mass is 79.9. The maximum absolute atomic E-state index is 11.6. The first-order valence-electron chi connectivity index (χ1n) is 5.30. The van der Waals surface area contributed by atoms with E-state index < -0.39 is 22.8 Å². The topological polar surface area (TPSA) is 105 Å². The lowest BCUT2D eigenvalue weighted by Gasteiger charge is -2.32. The zero-order chi connectivity index (χ0) is 14.2. The molecule has 0 saturated carbocycles. The largest absolute Gasteiger partial charge is 0.330 e. The summed E-state index contributed by atoms with van der Waals surface area (Å²) in [4.78, 5) is 38.6. The van der Waals surface area contributed by atoms with Crippen molar-refractivity contribution in [1.29, 1.82) is 0 Å². The summed E-state index contributed by atoms with van der Waals surface area (Å²) in [6, 6.07) is 0.580. The predicted octanol–water partition coefficient (Wildman–Crippen LogP) is 0.604. The molecule has 8 nitrogen and oxygen atoms in total. The Morgan fingerprint density at radius 1 is 1.58 bits per heavy atom. The first-order chi connectivity index (χ1) is 8.90. The normalized spacial score (nSPS) is 19.3. The van der Waals surface area contributed by atoms with Gasteiger partial charge in [0, 0.05) is 16.7 Å².